The van der Waals surface area contributed by atoms with Crippen molar-refractivity contribution in [3.8, 4) is 10.6 Å². The number of hydrogen-bond acceptors (Lipinski definition) is 4. The molecule has 2 aromatic rings. The lowest BCUT2D eigenvalue weighted by Gasteiger charge is -1.95. The molecule has 0 fully saturated rings. The van der Waals surface area contributed by atoms with Crippen LogP contribution in [0.1, 0.15) is 34.3 Å². The lowest BCUT2D eigenvalue weighted by atomic mass is 10.1. The smallest absolute Gasteiger partial charge is 0.341 e. The Hall–Kier alpha value is -1.62. The van der Waals surface area contributed by atoms with Crippen LogP contribution in [0.2, 0.25) is 0 Å². The second-order valence-electron chi connectivity index (χ2n) is 3.79. The van der Waals surface area contributed by atoms with Crippen molar-refractivity contribution in [3.05, 3.63) is 28.3 Å². The highest BCUT2D eigenvalue weighted by molar-refractivity contribution is 7.15. The molecule has 0 aliphatic carbocycles. The van der Waals surface area contributed by atoms with Crippen molar-refractivity contribution in [1.82, 2.24) is 5.16 Å². The first-order valence-corrected chi connectivity index (χ1v) is 6.23. The molecular weight excluding hydrogens is 238 g/mol. The normalized spacial score (nSPS) is 10.7. The summed E-state index contributed by atoms with van der Waals surface area (Å²) in [6.07, 6.45) is 1.43. The van der Waals surface area contributed by atoms with Crippen molar-refractivity contribution in [2.75, 3.05) is 0 Å². The first kappa shape index (κ1) is 11.9. The van der Waals surface area contributed by atoms with Crippen molar-refractivity contribution in [2.24, 2.45) is 0 Å². The van der Waals surface area contributed by atoms with Crippen molar-refractivity contribution in [3.63, 3.8) is 0 Å². The second kappa shape index (κ2) is 4.71. The zero-order chi connectivity index (χ0) is 12.4. The van der Waals surface area contributed by atoms with E-state index in [0.717, 1.165) is 16.2 Å². The number of aromatic carboxylic acids is 1. The highest BCUT2D eigenvalue weighted by Crippen LogP contribution is 2.31. The average molecular weight is 251 g/mol. The molecule has 0 aliphatic rings. The predicted molar refractivity (Wildman–Crippen MR) is 65.5 cm³/mol. The third kappa shape index (κ3) is 2.24. The van der Waals surface area contributed by atoms with Crippen LogP contribution in [-0.2, 0) is 6.42 Å². The number of nitrogens with zero attached hydrogens (tertiary/aromatic N) is 1. The van der Waals surface area contributed by atoms with E-state index in [2.05, 4.69) is 5.16 Å². The quantitative estimate of drug-likeness (QED) is 0.905. The summed E-state index contributed by atoms with van der Waals surface area (Å²) in [6.45, 7) is 3.95. The lowest BCUT2D eigenvalue weighted by Crippen LogP contribution is -2.00. The van der Waals surface area contributed by atoms with Gasteiger partial charge in [0.05, 0.1) is 4.88 Å². The molecule has 0 aliphatic heterocycles. The average Bonchev–Trinajstić information content (AvgIpc) is 2.84. The van der Waals surface area contributed by atoms with Crippen molar-refractivity contribution in [2.45, 2.75) is 26.7 Å². The van der Waals surface area contributed by atoms with Crippen molar-refractivity contribution < 1.29 is 14.4 Å². The van der Waals surface area contributed by atoms with E-state index in [9.17, 15) is 9.90 Å². The fourth-order valence-corrected chi connectivity index (χ4v) is 2.53. The monoisotopic (exact) mass is 251 g/mol. The molecule has 0 bridgehead atoms. The molecule has 0 aromatic carbocycles. The first-order valence-electron chi connectivity index (χ1n) is 5.42. The zero-order valence-electron chi connectivity index (χ0n) is 9.69. The molecular formula is C12H13NO3S. The minimum atomic E-state index is -0.976. The third-order valence-electron chi connectivity index (χ3n) is 2.43. The fraction of sp³-hybridized carbons (Fsp3) is 0.333. The third-order valence-corrected chi connectivity index (χ3v) is 3.43. The predicted octanol–water partition coefficient (Wildman–Crippen LogP) is 3.36. The summed E-state index contributed by atoms with van der Waals surface area (Å²) in [4.78, 5) is 13.2. The minimum Gasteiger partial charge on any atom is -0.477 e. The van der Waals surface area contributed by atoms with E-state index in [1.807, 2.05) is 26.0 Å². The maximum Gasteiger partial charge on any atom is 0.341 e. The minimum absolute atomic E-state index is 0.203. The highest BCUT2D eigenvalue weighted by Gasteiger charge is 2.23. The Morgan fingerprint density at radius 2 is 2.29 bits per heavy atom. The van der Waals surface area contributed by atoms with Gasteiger partial charge >= 0.3 is 5.97 Å². The van der Waals surface area contributed by atoms with Crippen LogP contribution >= 0.6 is 11.3 Å². The number of carboxylic acid groups (broad SMARTS) is 1. The summed E-state index contributed by atoms with van der Waals surface area (Å²) < 4.78 is 5.14. The van der Waals surface area contributed by atoms with Crippen LogP contribution in [0, 0.1) is 6.92 Å². The molecule has 5 heteroatoms. The summed E-state index contributed by atoms with van der Waals surface area (Å²) in [5, 5.41) is 13.1. The number of aryl methyl sites for hydroxylation is 2. The van der Waals surface area contributed by atoms with Crippen LogP contribution < -0.4 is 0 Å². The van der Waals surface area contributed by atoms with Gasteiger partial charge in [-0.1, -0.05) is 12.1 Å². The van der Waals surface area contributed by atoms with E-state index in [-0.39, 0.29) is 5.56 Å². The molecule has 2 rings (SSSR count). The Balaban J connectivity index is 2.50. The van der Waals surface area contributed by atoms with Gasteiger partial charge in [0.1, 0.15) is 11.3 Å². The maximum absolute atomic E-state index is 11.3. The molecule has 0 saturated heterocycles. The molecule has 2 aromatic heterocycles. The molecule has 0 spiro atoms. The number of thiophene rings is 1. The molecule has 1 N–H and O–H groups in total. The number of aromatic nitrogens is 1. The SMILES string of the molecule is CCCc1onc(-c2ccc(C)s2)c1C(=O)O. The maximum atomic E-state index is 11.3. The van der Waals surface area contributed by atoms with E-state index < -0.39 is 5.97 Å². The molecule has 0 saturated carbocycles. The number of carbonyl (C=O) groups is 1. The van der Waals surface area contributed by atoms with Gasteiger partial charge < -0.3 is 9.63 Å². The van der Waals surface area contributed by atoms with Gasteiger partial charge in [-0.05, 0) is 25.5 Å². The Bertz CT molecular complexity index is 542. The topological polar surface area (TPSA) is 63.3 Å². The van der Waals surface area contributed by atoms with Gasteiger partial charge in [-0.2, -0.15) is 0 Å². The Morgan fingerprint density at radius 1 is 1.53 bits per heavy atom. The number of rotatable bonds is 4. The number of hydrogen-bond donors (Lipinski definition) is 1. The van der Waals surface area contributed by atoms with Crippen molar-refractivity contribution >= 4 is 17.3 Å². The van der Waals surface area contributed by atoms with Gasteiger partial charge in [0.2, 0.25) is 0 Å². The van der Waals surface area contributed by atoms with Gasteiger partial charge in [0.25, 0.3) is 0 Å². The number of carboxylic acids is 1. The first-order chi connectivity index (χ1) is 8.13. The summed E-state index contributed by atoms with van der Waals surface area (Å²) in [7, 11) is 0. The molecule has 2 heterocycles. The van der Waals surface area contributed by atoms with Gasteiger partial charge in [0.15, 0.2) is 5.76 Å². The molecule has 0 atom stereocenters. The van der Waals surface area contributed by atoms with Crippen LogP contribution in [0.3, 0.4) is 0 Å². The van der Waals surface area contributed by atoms with E-state index in [0.29, 0.717) is 17.9 Å². The summed E-state index contributed by atoms with van der Waals surface area (Å²) in [6, 6.07) is 3.82. The van der Waals surface area contributed by atoms with Gasteiger partial charge in [-0.3, -0.25) is 0 Å². The molecule has 0 unspecified atom stereocenters. The molecule has 90 valence electrons. The Kier molecular flexibility index (Phi) is 3.28. The van der Waals surface area contributed by atoms with Crippen LogP contribution in [0.25, 0.3) is 10.6 Å². The standard InChI is InChI=1S/C12H13NO3S/c1-3-4-8-10(12(14)15)11(13-16-8)9-6-5-7(2)17-9/h5-6H,3-4H2,1-2H3,(H,14,15). The van der Waals surface area contributed by atoms with E-state index in [1.54, 1.807) is 0 Å². The summed E-state index contributed by atoms with van der Waals surface area (Å²) in [5.74, 6) is -0.517. The highest BCUT2D eigenvalue weighted by atomic mass is 32.1. The Morgan fingerprint density at radius 3 is 2.82 bits per heavy atom. The molecule has 17 heavy (non-hydrogen) atoms. The van der Waals surface area contributed by atoms with E-state index in [1.165, 1.54) is 11.3 Å². The molecule has 0 amide bonds. The van der Waals surface area contributed by atoms with E-state index in [4.69, 9.17) is 4.52 Å². The molecule has 4 nitrogen and oxygen atoms in total. The van der Waals surface area contributed by atoms with Crippen LogP contribution in [0.4, 0.5) is 0 Å². The van der Waals surface area contributed by atoms with Gasteiger partial charge in [-0.25, -0.2) is 4.79 Å². The zero-order valence-corrected chi connectivity index (χ0v) is 10.5. The molecule has 0 radical (unpaired) electrons. The summed E-state index contributed by atoms with van der Waals surface area (Å²) >= 11 is 1.52. The van der Waals surface area contributed by atoms with Gasteiger partial charge in [-0.15, -0.1) is 11.3 Å². The van der Waals surface area contributed by atoms with Crippen LogP contribution in [0.5, 0.6) is 0 Å². The van der Waals surface area contributed by atoms with Crippen LogP contribution in [-0.4, -0.2) is 16.2 Å². The lowest BCUT2D eigenvalue weighted by molar-refractivity contribution is 0.0695. The second-order valence-corrected chi connectivity index (χ2v) is 5.08. The van der Waals surface area contributed by atoms with E-state index >= 15 is 0 Å². The Labute approximate surface area is 103 Å². The fourth-order valence-electron chi connectivity index (χ4n) is 1.67. The van der Waals surface area contributed by atoms with Crippen LogP contribution in [0.15, 0.2) is 16.7 Å². The van der Waals surface area contributed by atoms with Crippen molar-refractivity contribution in [1.29, 1.82) is 0 Å². The van der Waals surface area contributed by atoms with Gasteiger partial charge in [0, 0.05) is 11.3 Å². The largest absolute Gasteiger partial charge is 0.477 e. The summed E-state index contributed by atoms with van der Waals surface area (Å²) in [5.41, 5.74) is 0.646.